The van der Waals surface area contributed by atoms with Gasteiger partial charge in [0.15, 0.2) is 5.96 Å². The molecule has 0 saturated carbocycles. The van der Waals surface area contributed by atoms with Crippen molar-refractivity contribution >= 4 is 32.5 Å². The number of nitrogens with one attached hydrogen (secondary N) is 1. The topological polar surface area (TPSA) is 102 Å². The van der Waals surface area contributed by atoms with E-state index in [1.54, 1.807) is 49.5 Å². The Hall–Kier alpha value is -3.43. The van der Waals surface area contributed by atoms with Gasteiger partial charge in [0.05, 0.1) is 10.6 Å². The molecule has 0 spiro atoms. The molecule has 2 aromatic carbocycles. The minimum atomic E-state index is -3.67. The molecule has 4 aromatic rings. The third kappa shape index (κ3) is 4.68. The Morgan fingerprint density at radius 1 is 1.13 bits per heavy atom. The average molecular weight is 452 g/mol. The van der Waals surface area contributed by atoms with E-state index in [4.69, 9.17) is 5.73 Å². The summed E-state index contributed by atoms with van der Waals surface area (Å²) in [6, 6.07) is 20.0. The van der Waals surface area contributed by atoms with Crippen LogP contribution in [0.4, 0.5) is 5.13 Å². The van der Waals surface area contributed by atoms with Crippen LogP contribution in [0, 0.1) is 6.92 Å². The zero-order chi connectivity index (χ0) is 21.8. The highest BCUT2D eigenvalue weighted by Crippen LogP contribution is 2.29. The van der Waals surface area contributed by atoms with Crippen molar-refractivity contribution in [2.75, 3.05) is 0 Å². The summed E-state index contributed by atoms with van der Waals surface area (Å²) in [4.78, 5) is 9.04. The van der Waals surface area contributed by atoms with Crippen molar-refractivity contribution < 1.29 is 8.42 Å². The number of nitrogens with two attached hydrogens (primary N) is 1. The average Bonchev–Trinajstić information content (AvgIpc) is 3.40. The molecule has 0 fully saturated rings. The van der Waals surface area contributed by atoms with Crippen molar-refractivity contribution in [3.05, 3.63) is 89.6 Å². The Morgan fingerprint density at radius 2 is 1.81 bits per heavy atom. The van der Waals surface area contributed by atoms with E-state index in [0.29, 0.717) is 28.6 Å². The van der Waals surface area contributed by atoms with Crippen LogP contribution in [0.3, 0.4) is 0 Å². The molecule has 3 N–H and O–H groups in total. The Morgan fingerprint density at radius 3 is 2.52 bits per heavy atom. The number of hydrogen-bond acceptors (Lipinski definition) is 5. The lowest BCUT2D eigenvalue weighted by atomic mass is 10.2. The Labute approximate surface area is 185 Å². The molecule has 4 rings (SSSR count). The molecule has 0 saturated heterocycles. The van der Waals surface area contributed by atoms with Gasteiger partial charge in [0, 0.05) is 29.4 Å². The molecular formula is C22H21N5O2S2. The summed E-state index contributed by atoms with van der Waals surface area (Å²) >= 11 is 1.34. The SMILES string of the molecule is Cc1cc(-c2csc(/N=C(\N)NCc3ccccc3)n2)cn1S(=O)(=O)c1ccccc1. The zero-order valence-corrected chi connectivity index (χ0v) is 18.4. The fraction of sp³-hybridized carbons (Fsp3) is 0.0909. The lowest BCUT2D eigenvalue weighted by Gasteiger charge is -2.07. The van der Waals surface area contributed by atoms with Gasteiger partial charge in [0.2, 0.25) is 5.13 Å². The highest BCUT2D eigenvalue weighted by atomic mass is 32.2. The summed E-state index contributed by atoms with van der Waals surface area (Å²) < 4.78 is 27.1. The number of hydrogen-bond donors (Lipinski definition) is 2. The zero-order valence-electron chi connectivity index (χ0n) is 16.8. The summed E-state index contributed by atoms with van der Waals surface area (Å²) in [7, 11) is -3.67. The summed E-state index contributed by atoms with van der Waals surface area (Å²) in [6.45, 7) is 2.31. The smallest absolute Gasteiger partial charge is 0.267 e. The van der Waals surface area contributed by atoms with E-state index in [-0.39, 0.29) is 10.9 Å². The lowest BCUT2D eigenvalue weighted by Crippen LogP contribution is -2.30. The first-order valence-electron chi connectivity index (χ1n) is 9.51. The van der Waals surface area contributed by atoms with Crippen LogP contribution in [0.25, 0.3) is 11.3 Å². The Balaban J connectivity index is 1.52. The molecule has 0 unspecified atom stereocenters. The van der Waals surface area contributed by atoms with Crippen molar-refractivity contribution in [3.8, 4) is 11.3 Å². The monoisotopic (exact) mass is 451 g/mol. The number of aliphatic imine (C=N–C) groups is 1. The van der Waals surface area contributed by atoms with Crippen molar-refractivity contribution in [1.82, 2.24) is 14.3 Å². The molecular weight excluding hydrogens is 430 g/mol. The molecule has 0 amide bonds. The van der Waals surface area contributed by atoms with Gasteiger partial charge < -0.3 is 11.1 Å². The standard InChI is InChI=1S/C22H21N5O2S2/c1-16-12-18(14-27(16)31(28,29)19-10-6-3-7-11-19)20-15-30-22(25-20)26-21(23)24-13-17-8-4-2-5-9-17/h2-12,14-15H,13H2,1H3,(H3,23,24,25,26). The van der Waals surface area contributed by atoms with Gasteiger partial charge in [-0.2, -0.15) is 4.99 Å². The second kappa shape index (κ2) is 8.75. The molecule has 0 aliphatic heterocycles. The second-order valence-corrected chi connectivity index (χ2v) is 9.49. The maximum atomic E-state index is 12.9. The van der Waals surface area contributed by atoms with E-state index in [1.807, 2.05) is 35.7 Å². The highest BCUT2D eigenvalue weighted by molar-refractivity contribution is 7.90. The molecule has 9 heteroatoms. The predicted molar refractivity (Wildman–Crippen MR) is 124 cm³/mol. The fourth-order valence-electron chi connectivity index (χ4n) is 3.04. The molecule has 2 aromatic heterocycles. The van der Waals surface area contributed by atoms with Crippen LogP contribution in [0.15, 0.2) is 88.2 Å². The third-order valence-corrected chi connectivity index (χ3v) is 7.10. The van der Waals surface area contributed by atoms with Gasteiger partial charge in [0.25, 0.3) is 10.0 Å². The molecule has 0 atom stereocenters. The summed E-state index contributed by atoms with van der Waals surface area (Å²) in [5, 5.41) is 5.38. The molecule has 0 bridgehead atoms. The molecule has 0 radical (unpaired) electrons. The van der Waals surface area contributed by atoms with Gasteiger partial charge in [-0.3, -0.25) is 0 Å². The van der Waals surface area contributed by atoms with Gasteiger partial charge in [-0.25, -0.2) is 17.4 Å². The minimum absolute atomic E-state index is 0.237. The van der Waals surface area contributed by atoms with Gasteiger partial charge in [-0.15, -0.1) is 11.3 Å². The number of thiazole rings is 1. The molecule has 0 aliphatic carbocycles. The quantitative estimate of drug-likeness (QED) is 0.342. The van der Waals surface area contributed by atoms with Crippen molar-refractivity contribution in [2.45, 2.75) is 18.4 Å². The molecule has 158 valence electrons. The number of aryl methyl sites for hydroxylation is 1. The summed E-state index contributed by atoms with van der Waals surface area (Å²) in [5.41, 5.74) is 9.01. The highest BCUT2D eigenvalue weighted by Gasteiger charge is 2.20. The van der Waals surface area contributed by atoms with E-state index in [1.165, 1.54) is 15.3 Å². The number of guanidine groups is 1. The third-order valence-electron chi connectivity index (χ3n) is 4.59. The van der Waals surface area contributed by atoms with Gasteiger partial charge >= 0.3 is 0 Å². The van der Waals surface area contributed by atoms with Crippen molar-refractivity contribution in [3.63, 3.8) is 0 Å². The number of aromatic nitrogens is 2. The molecule has 31 heavy (non-hydrogen) atoms. The largest absolute Gasteiger partial charge is 0.370 e. The predicted octanol–water partition coefficient (Wildman–Crippen LogP) is 3.89. The van der Waals surface area contributed by atoms with Crippen LogP contribution in [0.1, 0.15) is 11.3 Å². The second-order valence-electron chi connectivity index (χ2n) is 6.84. The van der Waals surface area contributed by atoms with Crippen LogP contribution >= 0.6 is 11.3 Å². The van der Waals surface area contributed by atoms with Gasteiger partial charge in [-0.05, 0) is 30.7 Å². The maximum absolute atomic E-state index is 12.9. The summed E-state index contributed by atoms with van der Waals surface area (Å²) in [5.74, 6) is 0.269. The van der Waals surface area contributed by atoms with E-state index < -0.39 is 10.0 Å². The van der Waals surface area contributed by atoms with E-state index in [2.05, 4.69) is 15.3 Å². The first-order chi connectivity index (χ1) is 14.9. The maximum Gasteiger partial charge on any atom is 0.267 e. The van der Waals surface area contributed by atoms with E-state index in [0.717, 1.165) is 5.56 Å². The van der Waals surface area contributed by atoms with Gasteiger partial charge in [0.1, 0.15) is 0 Å². The van der Waals surface area contributed by atoms with Gasteiger partial charge in [-0.1, -0.05) is 48.5 Å². The first kappa shape index (κ1) is 20.8. The van der Waals surface area contributed by atoms with Crippen LogP contribution in [0.2, 0.25) is 0 Å². The molecule has 0 aliphatic rings. The number of benzene rings is 2. The Bertz CT molecular complexity index is 1310. The van der Waals surface area contributed by atoms with Crippen molar-refractivity contribution in [2.24, 2.45) is 10.7 Å². The van der Waals surface area contributed by atoms with Crippen LogP contribution in [0.5, 0.6) is 0 Å². The molecule has 7 nitrogen and oxygen atoms in total. The number of nitrogens with zero attached hydrogens (tertiary/aromatic N) is 3. The first-order valence-corrected chi connectivity index (χ1v) is 11.8. The van der Waals surface area contributed by atoms with Crippen LogP contribution < -0.4 is 11.1 Å². The number of rotatable bonds is 6. The lowest BCUT2D eigenvalue weighted by molar-refractivity contribution is 0.586. The Kier molecular flexibility index (Phi) is 5.88. The fourth-order valence-corrected chi connectivity index (χ4v) is 5.16. The van der Waals surface area contributed by atoms with Crippen LogP contribution in [-0.4, -0.2) is 23.3 Å². The minimum Gasteiger partial charge on any atom is -0.370 e. The van der Waals surface area contributed by atoms with Crippen molar-refractivity contribution in [1.29, 1.82) is 0 Å². The van der Waals surface area contributed by atoms with E-state index >= 15 is 0 Å². The normalized spacial score (nSPS) is 12.1. The summed E-state index contributed by atoms with van der Waals surface area (Å²) in [6.07, 6.45) is 1.58. The molecule has 2 heterocycles. The van der Waals surface area contributed by atoms with Crippen LogP contribution in [-0.2, 0) is 16.6 Å². The van der Waals surface area contributed by atoms with E-state index in [9.17, 15) is 8.42 Å².